The van der Waals surface area contributed by atoms with E-state index in [2.05, 4.69) is 10.6 Å². The highest BCUT2D eigenvalue weighted by molar-refractivity contribution is 6.14. The van der Waals surface area contributed by atoms with Gasteiger partial charge in [0.15, 0.2) is 5.78 Å². The van der Waals surface area contributed by atoms with Crippen LogP contribution in [0.25, 0.3) is 0 Å². The Labute approximate surface area is 121 Å². The van der Waals surface area contributed by atoms with Crippen molar-refractivity contribution >= 4 is 29.0 Å². The van der Waals surface area contributed by atoms with Crippen LogP contribution < -0.4 is 10.6 Å². The molecule has 3 rings (SSSR count). The molecule has 2 aliphatic rings. The molecule has 2 heterocycles. The van der Waals surface area contributed by atoms with Crippen molar-refractivity contribution < 1.29 is 19.1 Å². The molecule has 1 fully saturated rings. The molecule has 2 aliphatic heterocycles. The van der Waals surface area contributed by atoms with E-state index in [1.165, 1.54) is 0 Å². The molecule has 6 nitrogen and oxygen atoms in total. The minimum atomic E-state index is -0.381. The molecule has 21 heavy (non-hydrogen) atoms. The van der Waals surface area contributed by atoms with Crippen LogP contribution in [-0.4, -0.2) is 30.3 Å². The molecular weight excluding hydrogens is 272 g/mol. The summed E-state index contributed by atoms with van der Waals surface area (Å²) < 4.78 is 5.42. The maximum atomic E-state index is 12.4. The molecule has 0 aromatic heterocycles. The molecule has 1 aromatic rings. The smallest absolute Gasteiger partial charge is 0.233 e. The fraction of sp³-hybridized carbons (Fsp3) is 0.400. The van der Waals surface area contributed by atoms with E-state index in [9.17, 15) is 14.4 Å². The first kappa shape index (κ1) is 13.8. The molecule has 0 spiro atoms. The van der Waals surface area contributed by atoms with E-state index in [1.54, 1.807) is 18.2 Å². The summed E-state index contributed by atoms with van der Waals surface area (Å²) in [5, 5.41) is 5.28. The van der Waals surface area contributed by atoms with Crippen LogP contribution in [0.1, 0.15) is 30.1 Å². The Morgan fingerprint density at radius 2 is 1.90 bits per heavy atom. The molecule has 2 atom stereocenters. The van der Waals surface area contributed by atoms with Gasteiger partial charge in [0.05, 0.1) is 24.1 Å². The summed E-state index contributed by atoms with van der Waals surface area (Å²) in [6.07, 6.45) is 0.587. The number of hydrogen-bond acceptors (Lipinski definition) is 4. The zero-order valence-corrected chi connectivity index (χ0v) is 11.6. The van der Waals surface area contributed by atoms with Crippen molar-refractivity contribution in [2.24, 2.45) is 5.92 Å². The normalized spacial score (nSPS) is 24.8. The quantitative estimate of drug-likeness (QED) is 0.639. The predicted molar refractivity (Wildman–Crippen MR) is 76.2 cm³/mol. The first-order valence-electron chi connectivity index (χ1n) is 6.92. The summed E-state index contributed by atoms with van der Waals surface area (Å²) in [7, 11) is 0. The minimum absolute atomic E-state index is 0.00646. The third-order valence-electron chi connectivity index (χ3n) is 3.74. The van der Waals surface area contributed by atoms with Gasteiger partial charge in [-0.3, -0.25) is 14.4 Å². The second-order valence-electron chi connectivity index (χ2n) is 5.47. The minimum Gasteiger partial charge on any atom is -0.378 e. The number of Topliss-reactive ketones (excluding diaryl/α,β-unsaturated/α-hetero) is 1. The zero-order valence-electron chi connectivity index (χ0n) is 11.6. The molecule has 0 bridgehead atoms. The summed E-state index contributed by atoms with van der Waals surface area (Å²) in [5.74, 6) is -0.877. The zero-order chi connectivity index (χ0) is 15.0. The van der Waals surface area contributed by atoms with E-state index >= 15 is 0 Å². The molecule has 0 aliphatic carbocycles. The van der Waals surface area contributed by atoms with Crippen LogP contribution in [0.3, 0.4) is 0 Å². The lowest BCUT2D eigenvalue weighted by Crippen LogP contribution is -2.16. The summed E-state index contributed by atoms with van der Waals surface area (Å²) in [5.41, 5.74) is 1.50. The molecule has 0 radical (unpaired) electrons. The van der Waals surface area contributed by atoms with Gasteiger partial charge in [-0.05, 0) is 31.5 Å². The number of carbonyl (C=O) groups is 3. The summed E-state index contributed by atoms with van der Waals surface area (Å²) >= 11 is 0. The third kappa shape index (κ3) is 2.80. The highest BCUT2D eigenvalue weighted by Gasteiger charge is 2.29. The summed E-state index contributed by atoms with van der Waals surface area (Å²) in [4.78, 5) is 35.5. The highest BCUT2D eigenvalue weighted by atomic mass is 16.5. The van der Waals surface area contributed by atoms with Crippen molar-refractivity contribution in [1.29, 1.82) is 0 Å². The number of anilines is 2. The van der Waals surface area contributed by atoms with E-state index < -0.39 is 0 Å². The Balaban J connectivity index is 1.87. The lowest BCUT2D eigenvalue weighted by atomic mass is 9.95. The monoisotopic (exact) mass is 288 g/mol. The van der Waals surface area contributed by atoms with Gasteiger partial charge in [0.1, 0.15) is 6.42 Å². The lowest BCUT2D eigenvalue weighted by Gasteiger charge is -2.11. The lowest BCUT2D eigenvalue weighted by molar-refractivity contribution is -0.123. The van der Waals surface area contributed by atoms with Crippen LogP contribution in [0, 0.1) is 5.92 Å². The Hall–Kier alpha value is -2.21. The second kappa shape index (κ2) is 5.29. The average Bonchev–Trinajstić information content (AvgIpc) is 2.79. The van der Waals surface area contributed by atoms with Crippen molar-refractivity contribution in [3.05, 3.63) is 23.8 Å². The molecule has 1 saturated heterocycles. The molecule has 1 aromatic carbocycles. The van der Waals surface area contributed by atoms with Crippen molar-refractivity contribution in [2.45, 2.75) is 25.9 Å². The van der Waals surface area contributed by atoms with Crippen LogP contribution in [0.15, 0.2) is 18.2 Å². The van der Waals surface area contributed by atoms with Crippen molar-refractivity contribution in [3.8, 4) is 0 Å². The topological polar surface area (TPSA) is 84.5 Å². The van der Waals surface area contributed by atoms with Gasteiger partial charge in [-0.25, -0.2) is 0 Å². The Kier molecular flexibility index (Phi) is 3.47. The number of amides is 2. The third-order valence-corrected chi connectivity index (χ3v) is 3.74. The van der Waals surface area contributed by atoms with E-state index in [1.807, 2.05) is 6.92 Å². The van der Waals surface area contributed by atoms with Gasteiger partial charge in [0.2, 0.25) is 11.8 Å². The maximum absolute atomic E-state index is 12.4. The van der Waals surface area contributed by atoms with Gasteiger partial charge < -0.3 is 15.4 Å². The van der Waals surface area contributed by atoms with Gasteiger partial charge >= 0.3 is 0 Å². The number of hydrogen-bond donors (Lipinski definition) is 2. The van der Waals surface area contributed by atoms with Crippen molar-refractivity contribution in [3.63, 3.8) is 0 Å². The molecular formula is C15H16N2O4. The molecule has 110 valence electrons. The second-order valence-corrected chi connectivity index (χ2v) is 5.47. The number of ether oxygens (including phenoxy) is 1. The maximum Gasteiger partial charge on any atom is 0.233 e. The fourth-order valence-corrected chi connectivity index (χ4v) is 2.68. The van der Waals surface area contributed by atoms with Crippen LogP contribution >= 0.6 is 0 Å². The van der Waals surface area contributed by atoms with E-state index in [-0.39, 0.29) is 36.0 Å². The van der Waals surface area contributed by atoms with Crippen LogP contribution in [0.2, 0.25) is 0 Å². The van der Waals surface area contributed by atoms with Gasteiger partial charge in [-0.15, -0.1) is 0 Å². The number of fused-ring (bicyclic) bond motifs is 1. The van der Waals surface area contributed by atoms with E-state index in [0.717, 1.165) is 0 Å². The largest absolute Gasteiger partial charge is 0.378 e. The van der Waals surface area contributed by atoms with Gasteiger partial charge in [-0.2, -0.15) is 0 Å². The predicted octanol–water partition coefficient (Wildman–Crippen LogP) is 1.57. The van der Waals surface area contributed by atoms with Crippen LogP contribution in [-0.2, 0) is 14.3 Å². The highest BCUT2D eigenvalue weighted by Crippen LogP contribution is 2.29. The van der Waals surface area contributed by atoms with Crippen molar-refractivity contribution in [1.82, 2.24) is 0 Å². The average molecular weight is 288 g/mol. The van der Waals surface area contributed by atoms with Crippen molar-refractivity contribution in [2.75, 3.05) is 17.2 Å². The summed E-state index contributed by atoms with van der Waals surface area (Å²) in [6.45, 7) is 2.38. The number of ketones is 1. The number of carbonyl (C=O) groups excluding carboxylic acids is 3. The number of rotatable bonds is 2. The van der Waals surface area contributed by atoms with Crippen LogP contribution in [0.5, 0.6) is 0 Å². The van der Waals surface area contributed by atoms with E-state index in [4.69, 9.17) is 4.74 Å². The first-order valence-corrected chi connectivity index (χ1v) is 6.92. The first-order chi connectivity index (χ1) is 10.0. The van der Waals surface area contributed by atoms with E-state index in [0.29, 0.717) is 30.0 Å². The fourth-order valence-electron chi connectivity index (χ4n) is 2.68. The van der Waals surface area contributed by atoms with Gasteiger partial charge in [0, 0.05) is 11.5 Å². The van der Waals surface area contributed by atoms with Gasteiger partial charge in [-0.1, -0.05) is 0 Å². The van der Waals surface area contributed by atoms with Gasteiger partial charge in [0.25, 0.3) is 0 Å². The number of nitrogens with one attached hydrogen (secondary N) is 2. The standard InChI is InChI=1S/C15H16N2O4/c1-8-4-10(7-21-8)15(20)9-2-3-11-12(5-9)17-14(19)6-13(18)16-11/h2-3,5,8,10H,4,6-7H2,1H3,(H,16,18)(H,17,19). The molecule has 6 heteroatoms. The Morgan fingerprint density at radius 1 is 1.19 bits per heavy atom. The SMILES string of the molecule is CC1CC(C(=O)c2ccc3c(c2)NC(=O)CC(=O)N3)CO1. The molecule has 0 saturated carbocycles. The number of benzene rings is 1. The molecule has 2 unspecified atom stereocenters. The van der Waals surface area contributed by atoms with Crippen LogP contribution in [0.4, 0.5) is 11.4 Å². The molecule has 2 N–H and O–H groups in total. The molecule has 2 amide bonds. The Bertz CT molecular complexity index is 626. The summed E-state index contributed by atoms with van der Waals surface area (Å²) in [6, 6.07) is 4.93. The Morgan fingerprint density at radius 3 is 2.57 bits per heavy atom.